The molecule has 0 saturated heterocycles. The average Bonchev–Trinajstić information content (AvgIpc) is 3.20. The third-order valence-corrected chi connectivity index (χ3v) is 6.97. The normalized spacial score (nSPS) is 14.5. The Bertz CT molecular complexity index is 1050. The van der Waals surface area contributed by atoms with Gasteiger partial charge >= 0.3 is 0 Å². The highest BCUT2D eigenvalue weighted by atomic mass is 79.9. The number of amides is 2. The number of rotatable bonds is 7. The maximum Gasteiger partial charge on any atom is 0.251 e. The number of hydrogen-bond acceptors (Lipinski definition) is 4. The van der Waals surface area contributed by atoms with Crippen molar-refractivity contribution >= 4 is 43.5 Å². The van der Waals surface area contributed by atoms with Gasteiger partial charge in [-0.05, 0) is 61.7 Å². The van der Waals surface area contributed by atoms with Gasteiger partial charge in [0, 0.05) is 21.8 Å². The Balaban J connectivity index is 1.60. The van der Waals surface area contributed by atoms with Crippen molar-refractivity contribution in [3.8, 4) is 0 Å². The lowest BCUT2D eigenvalue weighted by Crippen LogP contribution is -2.34. The van der Waals surface area contributed by atoms with E-state index >= 15 is 0 Å². The highest BCUT2D eigenvalue weighted by molar-refractivity contribution is 9.10. The molecule has 30 heavy (non-hydrogen) atoms. The topological polar surface area (TPSA) is 104 Å². The zero-order valence-corrected chi connectivity index (χ0v) is 19.0. The second kappa shape index (κ2) is 9.72. The minimum absolute atomic E-state index is 0.0389. The van der Waals surface area contributed by atoms with Crippen LogP contribution in [0.4, 0.5) is 5.69 Å². The lowest BCUT2D eigenvalue weighted by molar-refractivity contribution is -0.115. The SMILES string of the molecule is Cc1cc(Br)ccc1NC(=O)CNC(=O)c1cccc(S(=O)(=O)NC2CCCC2)c1. The molecule has 1 saturated carbocycles. The molecule has 0 radical (unpaired) electrons. The van der Waals surface area contributed by atoms with Crippen LogP contribution in [-0.4, -0.2) is 32.8 Å². The summed E-state index contributed by atoms with van der Waals surface area (Å²) in [6, 6.07) is 11.2. The van der Waals surface area contributed by atoms with E-state index in [1.165, 1.54) is 24.3 Å². The summed E-state index contributed by atoms with van der Waals surface area (Å²) in [5.74, 6) is -0.893. The van der Waals surface area contributed by atoms with Crippen LogP contribution in [0.25, 0.3) is 0 Å². The molecule has 2 aromatic carbocycles. The van der Waals surface area contributed by atoms with E-state index in [9.17, 15) is 18.0 Å². The van der Waals surface area contributed by atoms with Crippen molar-refractivity contribution in [2.45, 2.75) is 43.5 Å². The fraction of sp³-hybridized carbons (Fsp3) is 0.333. The number of carbonyl (C=O) groups is 2. The van der Waals surface area contributed by atoms with Gasteiger partial charge in [0.15, 0.2) is 0 Å². The van der Waals surface area contributed by atoms with Crippen molar-refractivity contribution in [2.24, 2.45) is 0 Å². The Hall–Kier alpha value is -2.23. The molecule has 1 fully saturated rings. The van der Waals surface area contributed by atoms with Crippen molar-refractivity contribution in [1.29, 1.82) is 0 Å². The maximum absolute atomic E-state index is 12.6. The number of anilines is 1. The number of hydrogen-bond donors (Lipinski definition) is 3. The van der Waals surface area contributed by atoms with Crippen LogP contribution in [0, 0.1) is 6.92 Å². The molecule has 0 bridgehead atoms. The van der Waals surface area contributed by atoms with Crippen molar-refractivity contribution in [1.82, 2.24) is 10.0 Å². The molecule has 7 nitrogen and oxygen atoms in total. The van der Waals surface area contributed by atoms with Crippen LogP contribution in [0.15, 0.2) is 51.8 Å². The van der Waals surface area contributed by atoms with Crippen molar-refractivity contribution < 1.29 is 18.0 Å². The third kappa shape index (κ3) is 5.90. The zero-order chi connectivity index (χ0) is 21.7. The molecule has 1 aliphatic rings. The van der Waals surface area contributed by atoms with Gasteiger partial charge in [0.1, 0.15) is 0 Å². The summed E-state index contributed by atoms with van der Waals surface area (Å²) in [5.41, 5.74) is 1.72. The number of sulfonamides is 1. The van der Waals surface area contributed by atoms with Crippen LogP contribution in [0.2, 0.25) is 0 Å². The smallest absolute Gasteiger partial charge is 0.251 e. The van der Waals surface area contributed by atoms with Crippen molar-refractivity contribution in [3.05, 3.63) is 58.1 Å². The highest BCUT2D eigenvalue weighted by Gasteiger charge is 2.23. The Labute approximate surface area is 184 Å². The summed E-state index contributed by atoms with van der Waals surface area (Å²) in [4.78, 5) is 24.6. The molecule has 2 amide bonds. The third-order valence-electron chi connectivity index (χ3n) is 4.96. The van der Waals surface area contributed by atoms with Crippen LogP contribution < -0.4 is 15.4 Å². The molecule has 1 aliphatic carbocycles. The van der Waals surface area contributed by atoms with Gasteiger partial charge in [-0.1, -0.05) is 34.8 Å². The monoisotopic (exact) mass is 493 g/mol. The number of nitrogens with one attached hydrogen (secondary N) is 3. The molecule has 3 rings (SSSR count). The van der Waals surface area contributed by atoms with Gasteiger partial charge in [-0.25, -0.2) is 13.1 Å². The van der Waals surface area contributed by atoms with Crippen molar-refractivity contribution in [2.75, 3.05) is 11.9 Å². The predicted molar refractivity (Wildman–Crippen MR) is 119 cm³/mol. The predicted octanol–water partition coefficient (Wildman–Crippen LogP) is 3.35. The highest BCUT2D eigenvalue weighted by Crippen LogP contribution is 2.21. The van der Waals surface area contributed by atoms with Crippen LogP contribution in [0.1, 0.15) is 41.6 Å². The van der Waals surface area contributed by atoms with Crippen molar-refractivity contribution in [3.63, 3.8) is 0 Å². The first-order chi connectivity index (χ1) is 14.2. The van der Waals surface area contributed by atoms with Gasteiger partial charge in [-0.2, -0.15) is 0 Å². The quantitative estimate of drug-likeness (QED) is 0.549. The lowest BCUT2D eigenvalue weighted by atomic mass is 10.2. The molecule has 9 heteroatoms. The molecule has 160 valence electrons. The molecule has 0 aromatic heterocycles. The number of carbonyl (C=O) groups excluding carboxylic acids is 2. The molecule has 0 unspecified atom stereocenters. The van der Waals surface area contributed by atoms with E-state index in [4.69, 9.17) is 0 Å². The van der Waals surface area contributed by atoms with Gasteiger partial charge in [0.05, 0.1) is 11.4 Å². The van der Waals surface area contributed by atoms with Gasteiger partial charge in [-0.15, -0.1) is 0 Å². The van der Waals surface area contributed by atoms with E-state index in [1.807, 2.05) is 19.1 Å². The summed E-state index contributed by atoms with van der Waals surface area (Å²) in [5, 5.41) is 5.27. The van der Waals surface area contributed by atoms with Gasteiger partial charge in [0.2, 0.25) is 15.9 Å². The Morgan fingerprint density at radius 1 is 1.10 bits per heavy atom. The molecule has 0 atom stereocenters. The Morgan fingerprint density at radius 2 is 1.83 bits per heavy atom. The van der Waals surface area contributed by atoms with E-state index in [-0.39, 0.29) is 29.0 Å². The molecular formula is C21H24BrN3O4S. The lowest BCUT2D eigenvalue weighted by Gasteiger charge is -2.13. The largest absolute Gasteiger partial charge is 0.343 e. The van der Waals surface area contributed by atoms with Gasteiger partial charge in [-0.3, -0.25) is 9.59 Å². The molecule has 2 aromatic rings. The van der Waals surface area contributed by atoms with Crippen LogP contribution in [0.3, 0.4) is 0 Å². The Kier molecular flexibility index (Phi) is 7.27. The molecular weight excluding hydrogens is 470 g/mol. The molecule has 0 spiro atoms. The summed E-state index contributed by atoms with van der Waals surface area (Å²) >= 11 is 3.37. The van der Waals surface area contributed by atoms with Crippen LogP contribution >= 0.6 is 15.9 Å². The number of aryl methyl sites for hydroxylation is 1. The first-order valence-electron chi connectivity index (χ1n) is 9.71. The maximum atomic E-state index is 12.6. The average molecular weight is 494 g/mol. The van der Waals surface area contributed by atoms with Crippen LogP contribution in [-0.2, 0) is 14.8 Å². The summed E-state index contributed by atoms with van der Waals surface area (Å²) in [6.45, 7) is 1.64. The van der Waals surface area contributed by atoms with Gasteiger partial charge < -0.3 is 10.6 Å². The first kappa shape index (κ1) is 22.5. The van der Waals surface area contributed by atoms with E-state index in [2.05, 4.69) is 31.3 Å². The minimum Gasteiger partial charge on any atom is -0.343 e. The zero-order valence-electron chi connectivity index (χ0n) is 16.6. The second-order valence-corrected chi connectivity index (χ2v) is 9.95. The minimum atomic E-state index is -3.69. The Morgan fingerprint density at radius 3 is 2.53 bits per heavy atom. The van der Waals surface area contributed by atoms with Crippen LogP contribution in [0.5, 0.6) is 0 Å². The fourth-order valence-electron chi connectivity index (χ4n) is 3.36. The number of halogens is 1. The fourth-order valence-corrected chi connectivity index (χ4v) is 5.19. The molecule has 0 aliphatic heterocycles. The van der Waals surface area contributed by atoms with E-state index in [0.717, 1.165) is 35.7 Å². The summed E-state index contributed by atoms with van der Waals surface area (Å²) in [6.07, 6.45) is 3.67. The van der Waals surface area contributed by atoms with E-state index in [0.29, 0.717) is 5.69 Å². The first-order valence-corrected chi connectivity index (χ1v) is 12.0. The number of benzene rings is 2. The summed E-state index contributed by atoms with van der Waals surface area (Å²) in [7, 11) is -3.69. The standard InChI is InChI=1S/C21H24BrN3O4S/c1-14-11-16(22)9-10-19(14)24-20(26)13-23-21(27)15-5-4-8-18(12-15)30(28,29)25-17-6-2-3-7-17/h4-5,8-12,17,25H,2-3,6-7,13H2,1H3,(H,23,27)(H,24,26). The van der Waals surface area contributed by atoms with E-state index < -0.39 is 15.9 Å². The second-order valence-electron chi connectivity index (χ2n) is 7.32. The van der Waals surface area contributed by atoms with Gasteiger partial charge in [0.25, 0.3) is 5.91 Å². The molecule has 0 heterocycles. The molecule has 3 N–H and O–H groups in total. The summed E-state index contributed by atoms with van der Waals surface area (Å²) < 4.78 is 28.8. The van der Waals surface area contributed by atoms with E-state index in [1.54, 1.807) is 6.07 Å².